The quantitative estimate of drug-likeness (QED) is 0.722. The van der Waals surface area contributed by atoms with Crippen molar-refractivity contribution in [3.05, 3.63) is 35.9 Å². The van der Waals surface area contributed by atoms with E-state index in [1.54, 1.807) is 11.9 Å². The Balaban J connectivity index is 2.40. The van der Waals surface area contributed by atoms with Gasteiger partial charge in [-0.05, 0) is 5.56 Å². The minimum Gasteiger partial charge on any atom is -0.469 e. The number of hydrogen-bond acceptors (Lipinski definition) is 3. The molecule has 0 saturated heterocycles. The lowest BCUT2D eigenvalue weighted by Gasteiger charge is -2.16. The standard InChI is InChI=1S/C13H17NO3/c1-14(9-8-13(16)17-2)12(15)10-11-6-4-3-5-7-11/h3-7H,8-10H2,1-2H3. The molecule has 92 valence electrons. The summed E-state index contributed by atoms with van der Waals surface area (Å²) in [5.74, 6) is -0.301. The van der Waals surface area contributed by atoms with Gasteiger partial charge in [-0.15, -0.1) is 0 Å². The van der Waals surface area contributed by atoms with Gasteiger partial charge in [0.05, 0.1) is 20.0 Å². The molecule has 0 aliphatic rings. The highest BCUT2D eigenvalue weighted by atomic mass is 16.5. The van der Waals surface area contributed by atoms with Crippen molar-refractivity contribution in [1.29, 1.82) is 0 Å². The molecule has 1 aromatic rings. The molecule has 1 amide bonds. The first-order valence-electron chi connectivity index (χ1n) is 5.48. The molecule has 0 fully saturated rings. The van der Waals surface area contributed by atoms with Crippen LogP contribution in [0.2, 0.25) is 0 Å². The molecule has 0 spiro atoms. The van der Waals surface area contributed by atoms with E-state index >= 15 is 0 Å². The second-order valence-electron chi connectivity index (χ2n) is 3.80. The Morgan fingerprint density at radius 1 is 1.24 bits per heavy atom. The third-order valence-corrected chi connectivity index (χ3v) is 2.50. The molecule has 17 heavy (non-hydrogen) atoms. The van der Waals surface area contributed by atoms with Gasteiger partial charge in [0.15, 0.2) is 0 Å². The zero-order chi connectivity index (χ0) is 12.7. The van der Waals surface area contributed by atoms with Crippen LogP contribution in [0, 0.1) is 0 Å². The number of carbonyl (C=O) groups excluding carboxylic acids is 2. The molecule has 0 aliphatic carbocycles. The van der Waals surface area contributed by atoms with Crippen molar-refractivity contribution in [2.75, 3.05) is 20.7 Å². The Bertz CT molecular complexity index is 376. The van der Waals surface area contributed by atoms with Gasteiger partial charge in [-0.1, -0.05) is 30.3 Å². The average molecular weight is 235 g/mol. The van der Waals surface area contributed by atoms with Gasteiger partial charge in [0, 0.05) is 13.6 Å². The van der Waals surface area contributed by atoms with E-state index in [0.717, 1.165) is 5.56 Å². The Kier molecular flexibility index (Phi) is 5.20. The Morgan fingerprint density at radius 3 is 2.47 bits per heavy atom. The second-order valence-corrected chi connectivity index (χ2v) is 3.80. The zero-order valence-electron chi connectivity index (χ0n) is 10.2. The zero-order valence-corrected chi connectivity index (χ0v) is 10.2. The number of methoxy groups -OCH3 is 1. The third kappa shape index (κ3) is 4.68. The van der Waals surface area contributed by atoms with E-state index in [1.165, 1.54) is 7.11 Å². The maximum absolute atomic E-state index is 11.8. The highest BCUT2D eigenvalue weighted by Gasteiger charge is 2.11. The van der Waals surface area contributed by atoms with Crippen molar-refractivity contribution >= 4 is 11.9 Å². The lowest BCUT2D eigenvalue weighted by atomic mass is 10.1. The van der Waals surface area contributed by atoms with Crippen molar-refractivity contribution in [3.63, 3.8) is 0 Å². The molecule has 0 atom stereocenters. The van der Waals surface area contributed by atoms with Crippen LogP contribution in [0.25, 0.3) is 0 Å². The van der Waals surface area contributed by atoms with E-state index in [9.17, 15) is 9.59 Å². The summed E-state index contributed by atoms with van der Waals surface area (Å²) in [6.45, 7) is 0.387. The molecule has 1 rings (SSSR count). The van der Waals surface area contributed by atoms with Gasteiger partial charge in [-0.25, -0.2) is 0 Å². The molecule has 0 aromatic heterocycles. The molecule has 4 nitrogen and oxygen atoms in total. The highest BCUT2D eigenvalue weighted by Crippen LogP contribution is 2.02. The van der Waals surface area contributed by atoms with Gasteiger partial charge in [0.1, 0.15) is 0 Å². The topological polar surface area (TPSA) is 46.6 Å². The first kappa shape index (κ1) is 13.2. The first-order chi connectivity index (χ1) is 8.13. The molecule has 1 aromatic carbocycles. The normalized spacial score (nSPS) is 9.76. The van der Waals surface area contributed by atoms with Crippen LogP contribution in [0.1, 0.15) is 12.0 Å². The van der Waals surface area contributed by atoms with Gasteiger partial charge >= 0.3 is 5.97 Å². The fraction of sp³-hybridized carbons (Fsp3) is 0.385. The summed E-state index contributed by atoms with van der Waals surface area (Å²) in [7, 11) is 3.03. The number of hydrogen-bond donors (Lipinski definition) is 0. The van der Waals surface area contributed by atoms with Crippen LogP contribution in [-0.2, 0) is 20.7 Å². The molecule has 0 aliphatic heterocycles. The number of esters is 1. The molecule has 0 radical (unpaired) electrons. The number of carbonyl (C=O) groups is 2. The summed E-state index contributed by atoms with van der Waals surface area (Å²) >= 11 is 0. The molecular weight excluding hydrogens is 218 g/mol. The van der Waals surface area contributed by atoms with E-state index in [4.69, 9.17) is 0 Å². The van der Waals surface area contributed by atoms with E-state index in [0.29, 0.717) is 13.0 Å². The van der Waals surface area contributed by atoms with E-state index in [1.807, 2.05) is 30.3 Å². The van der Waals surface area contributed by atoms with Crippen molar-refractivity contribution < 1.29 is 14.3 Å². The van der Waals surface area contributed by atoms with E-state index < -0.39 is 0 Å². The lowest BCUT2D eigenvalue weighted by Crippen LogP contribution is -2.30. The SMILES string of the molecule is COC(=O)CCN(C)C(=O)Cc1ccccc1. The van der Waals surface area contributed by atoms with Crippen molar-refractivity contribution in [3.8, 4) is 0 Å². The summed E-state index contributed by atoms with van der Waals surface area (Å²) in [6, 6.07) is 9.53. The van der Waals surface area contributed by atoms with Crippen molar-refractivity contribution in [2.24, 2.45) is 0 Å². The van der Waals surface area contributed by atoms with Crippen LogP contribution in [0.15, 0.2) is 30.3 Å². The first-order valence-corrected chi connectivity index (χ1v) is 5.48. The number of likely N-dealkylation sites (N-methyl/N-ethyl adjacent to an activating group) is 1. The second kappa shape index (κ2) is 6.68. The molecule has 4 heteroatoms. The fourth-order valence-corrected chi connectivity index (χ4v) is 1.39. The largest absolute Gasteiger partial charge is 0.469 e. The monoisotopic (exact) mass is 235 g/mol. The third-order valence-electron chi connectivity index (χ3n) is 2.50. The minimum absolute atomic E-state index is 0.0000954. The van der Waals surface area contributed by atoms with Crippen LogP contribution < -0.4 is 0 Å². The Labute approximate surface area is 101 Å². The molecule has 0 bridgehead atoms. The number of nitrogens with zero attached hydrogens (tertiary/aromatic N) is 1. The minimum atomic E-state index is -0.302. The summed E-state index contributed by atoms with van der Waals surface area (Å²) in [5.41, 5.74) is 0.974. The fourth-order valence-electron chi connectivity index (χ4n) is 1.39. The van der Waals surface area contributed by atoms with Crippen molar-refractivity contribution in [2.45, 2.75) is 12.8 Å². The summed E-state index contributed by atoms with van der Waals surface area (Å²) in [5, 5.41) is 0. The summed E-state index contributed by atoms with van der Waals surface area (Å²) < 4.78 is 4.52. The van der Waals surface area contributed by atoms with Crippen molar-refractivity contribution in [1.82, 2.24) is 4.90 Å². The number of benzene rings is 1. The van der Waals surface area contributed by atoms with E-state index in [2.05, 4.69) is 4.74 Å². The maximum atomic E-state index is 11.8. The molecule has 0 heterocycles. The Morgan fingerprint density at radius 2 is 1.88 bits per heavy atom. The van der Waals surface area contributed by atoms with Gasteiger partial charge in [0.25, 0.3) is 0 Å². The van der Waals surface area contributed by atoms with Crippen LogP contribution in [0.4, 0.5) is 0 Å². The number of ether oxygens (including phenoxy) is 1. The van der Waals surface area contributed by atoms with Crippen LogP contribution in [-0.4, -0.2) is 37.5 Å². The predicted octanol–water partition coefficient (Wildman–Crippen LogP) is 1.25. The maximum Gasteiger partial charge on any atom is 0.307 e. The van der Waals surface area contributed by atoms with E-state index in [-0.39, 0.29) is 18.3 Å². The molecule has 0 saturated carbocycles. The summed E-state index contributed by atoms with van der Waals surface area (Å²) in [6.07, 6.45) is 0.589. The predicted molar refractivity (Wildman–Crippen MR) is 64.4 cm³/mol. The van der Waals surface area contributed by atoms with Gasteiger partial charge in [0.2, 0.25) is 5.91 Å². The van der Waals surface area contributed by atoms with Crippen LogP contribution >= 0.6 is 0 Å². The molecular formula is C13H17NO3. The number of rotatable bonds is 5. The average Bonchev–Trinajstić information content (AvgIpc) is 2.36. The summed E-state index contributed by atoms with van der Waals surface area (Å²) in [4.78, 5) is 24.3. The van der Waals surface area contributed by atoms with Crippen LogP contribution in [0.3, 0.4) is 0 Å². The van der Waals surface area contributed by atoms with Crippen LogP contribution in [0.5, 0.6) is 0 Å². The lowest BCUT2D eigenvalue weighted by molar-refractivity contribution is -0.141. The van der Waals surface area contributed by atoms with Gasteiger partial charge in [-0.2, -0.15) is 0 Å². The highest BCUT2D eigenvalue weighted by molar-refractivity contribution is 5.79. The Hall–Kier alpha value is -1.84. The van der Waals surface area contributed by atoms with Gasteiger partial charge < -0.3 is 9.64 Å². The molecule has 0 N–H and O–H groups in total. The van der Waals surface area contributed by atoms with Gasteiger partial charge in [-0.3, -0.25) is 9.59 Å². The molecule has 0 unspecified atom stereocenters. The smallest absolute Gasteiger partial charge is 0.307 e. The number of amides is 1.